The van der Waals surface area contributed by atoms with Gasteiger partial charge in [0.05, 0.1) is 10.7 Å². The third kappa shape index (κ3) is 2.71. The highest BCUT2D eigenvalue weighted by molar-refractivity contribution is 6.33. The molecule has 4 heteroatoms. The standard InChI is InChI=1S/C14H13Cl2NO/c1-8-5-10(15)3-4-13(8)18-14-7-11(16)12(17)6-9(14)2/h3-7H,17H2,1-2H3. The van der Waals surface area contributed by atoms with Crippen molar-refractivity contribution in [3.05, 3.63) is 51.5 Å². The van der Waals surface area contributed by atoms with E-state index in [1.165, 1.54) is 0 Å². The summed E-state index contributed by atoms with van der Waals surface area (Å²) in [6, 6.07) is 8.99. The summed E-state index contributed by atoms with van der Waals surface area (Å²) in [6.45, 7) is 3.86. The smallest absolute Gasteiger partial charge is 0.131 e. The molecule has 2 rings (SSSR count). The zero-order valence-corrected chi connectivity index (χ0v) is 11.6. The highest BCUT2D eigenvalue weighted by atomic mass is 35.5. The number of anilines is 1. The van der Waals surface area contributed by atoms with E-state index in [1.807, 2.05) is 26.0 Å². The number of benzene rings is 2. The lowest BCUT2D eigenvalue weighted by molar-refractivity contribution is 0.475. The molecule has 2 aromatic rings. The largest absolute Gasteiger partial charge is 0.457 e. The van der Waals surface area contributed by atoms with Crippen molar-refractivity contribution in [2.24, 2.45) is 0 Å². The molecule has 0 unspecified atom stereocenters. The van der Waals surface area contributed by atoms with Crippen LogP contribution in [0.5, 0.6) is 11.5 Å². The van der Waals surface area contributed by atoms with E-state index in [9.17, 15) is 0 Å². The molecule has 0 amide bonds. The predicted octanol–water partition coefficient (Wildman–Crippen LogP) is 4.98. The van der Waals surface area contributed by atoms with Crippen LogP contribution < -0.4 is 10.5 Å². The van der Waals surface area contributed by atoms with Gasteiger partial charge in [-0.1, -0.05) is 23.2 Å². The van der Waals surface area contributed by atoms with Crippen LogP contribution in [0.15, 0.2) is 30.3 Å². The van der Waals surface area contributed by atoms with Gasteiger partial charge in [-0.2, -0.15) is 0 Å². The van der Waals surface area contributed by atoms with E-state index >= 15 is 0 Å². The molecule has 0 heterocycles. The van der Waals surface area contributed by atoms with E-state index in [4.69, 9.17) is 33.7 Å². The van der Waals surface area contributed by atoms with Gasteiger partial charge in [0.2, 0.25) is 0 Å². The van der Waals surface area contributed by atoms with E-state index in [-0.39, 0.29) is 0 Å². The molecule has 0 aliphatic carbocycles. The Hall–Kier alpha value is -1.38. The van der Waals surface area contributed by atoms with Crippen molar-refractivity contribution in [3.63, 3.8) is 0 Å². The van der Waals surface area contributed by atoms with Gasteiger partial charge in [0, 0.05) is 11.1 Å². The normalized spacial score (nSPS) is 10.4. The van der Waals surface area contributed by atoms with E-state index in [0.717, 1.165) is 16.9 Å². The number of aryl methyl sites for hydroxylation is 2. The Kier molecular flexibility index (Phi) is 3.69. The number of ether oxygens (including phenoxy) is 1. The molecule has 0 aromatic heterocycles. The fourth-order valence-electron chi connectivity index (χ4n) is 1.64. The highest BCUT2D eigenvalue weighted by Gasteiger charge is 2.07. The van der Waals surface area contributed by atoms with E-state index < -0.39 is 0 Å². The zero-order chi connectivity index (χ0) is 13.3. The quantitative estimate of drug-likeness (QED) is 0.788. The van der Waals surface area contributed by atoms with Crippen LogP contribution in [0.4, 0.5) is 5.69 Å². The number of hydrogen-bond acceptors (Lipinski definition) is 2. The van der Waals surface area contributed by atoms with Crippen LogP contribution in [0.3, 0.4) is 0 Å². The number of halogens is 2. The van der Waals surface area contributed by atoms with Gasteiger partial charge < -0.3 is 10.5 Å². The Morgan fingerprint density at radius 1 is 0.944 bits per heavy atom. The maximum atomic E-state index is 5.99. The third-order valence-electron chi connectivity index (χ3n) is 2.65. The molecule has 0 radical (unpaired) electrons. The highest BCUT2D eigenvalue weighted by Crippen LogP contribution is 2.33. The van der Waals surface area contributed by atoms with Gasteiger partial charge in [-0.3, -0.25) is 0 Å². The molecule has 2 nitrogen and oxygen atoms in total. The van der Waals surface area contributed by atoms with Crippen LogP contribution >= 0.6 is 23.2 Å². The number of hydrogen-bond donors (Lipinski definition) is 1. The van der Waals surface area contributed by atoms with Crippen LogP contribution in [0.25, 0.3) is 0 Å². The molecule has 0 aliphatic rings. The van der Waals surface area contributed by atoms with Gasteiger partial charge in [-0.05, 0) is 49.2 Å². The van der Waals surface area contributed by atoms with Crippen molar-refractivity contribution < 1.29 is 4.74 Å². The average molecular weight is 282 g/mol. The molecule has 0 saturated heterocycles. The van der Waals surface area contributed by atoms with Crippen LogP contribution in [-0.2, 0) is 0 Å². The molecule has 0 atom stereocenters. The number of nitrogen functional groups attached to an aromatic ring is 1. The van der Waals surface area contributed by atoms with Gasteiger partial charge in [0.25, 0.3) is 0 Å². The summed E-state index contributed by atoms with van der Waals surface area (Å²) in [4.78, 5) is 0. The summed E-state index contributed by atoms with van der Waals surface area (Å²) >= 11 is 11.9. The maximum Gasteiger partial charge on any atom is 0.131 e. The first-order valence-electron chi connectivity index (χ1n) is 5.47. The minimum Gasteiger partial charge on any atom is -0.457 e. The SMILES string of the molecule is Cc1cc(Cl)ccc1Oc1cc(Cl)c(N)cc1C. The Morgan fingerprint density at radius 2 is 1.61 bits per heavy atom. The molecule has 18 heavy (non-hydrogen) atoms. The number of nitrogens with two attached hydrogens (primary N) is 1. The average Bonchev–Trinajstić information content (AvgIpc) is 2.29. The van der Waals surface area contributed by atoms with Crippen LogP contribution in [0, 0.1) is 13.8 Å². The first kappa shape index (κ1) is 13.1. The van der Waals surface area contributed by atoms with Crippen molar-refractivity contribution in [1.29, 1.82) is 0 Å². The van der Waals surface area contributed by atoms with E-state index in [1.54, 1.807) is 18.2 Å². The summed E-state index contributed by atoms with van der Waals surface area (Å²) < 4.78 is 5.83. The molecule has 0 spiro atoms. The second-order valence-electron chi connectivity index (χ2n) is 4.15. The minimum absolute atomic E-state index is 0.488. The fourth-order valence-corrected chi connectivity index (χ4v) is 2.02. The van der Waals surface area contributed by atoms with Gasteiger partial charge in [-0.15, -0.1) is 0 Å². The second kappa shape index (κ2) is 5.09. The van der Waals surface area contributed by atoms with E-state index in [0.29, 0.717) is 21.5 Å². The van der Waals surface area contributed by atoms with Crippen LogP contribution in [-0.4, -0.2) is 0 Å². The molecule has 0 saturated carbocycles. The fraction of sp³-hybridized carbons (Fsp3) is 0.143. The van der Waals surface area contributed by atoms with Crippen molar-refractivity contribution in [2.75, 3.05) is 5.73 Å². The summed E-state index contributed by atoms with van der Waals surface area (Å²) in [5.41, 5.74) is 8.18. The monoisotopic (exact) mass is 281 g/mol. The van der Waals surface area contributed by atoms with Gasteiger partial charge in [-0.25, -0.2) is 0 Å². The minimum atomic E-state index is 0.488. The van der Waals surface area contributed by atoms with Crippen LogP contribution in [0.2, 0.25) is 10.0 Å². The zero-order valence-electron chi connectivity index (χ0n) is 10.1. The van der Waals surface area contributed by atoms with Crippen molar-refractivity contribution in [3.8, 4) is 11.5 Å². The molecular formula is C14H13Cl2NO. The molecular weight excluding hydrogens is 269 g/mol. The Balaban J connectivity index is 2.37. The predicted molar refractivity (Wildman–Crippen MR) is 76.9 cm³/mol. The number of rotatable bonds is 2. The molecule has 2 N–H and O–H groups in total. The second-order valence-corrected chi connectivity index (χ2v) is 4.99. The lowest BCUT2D eigenvalue weighted by atomic mass is 10.2. The lowest BCUT2D eigenvalue weighted by Crippen LogP contribution is -1.93. The molecule has 0 fully saturated rings. The first-order valence-corrected chi connectivity index (χ1v) is 6.22. The summed E-state index contributed by atoms with van der Waals surface area (Å²) in [5.74, 6) is 1.45. The van der Waals surface area contributed by atoms with Gasteiger partial charge >= 0.3 is 0 Å². The Morgan fingerprint density at radius 3 is 2.28 bits per heavy atom. The lowest BCUT2D eigenvalue weighted by Gasteiger charge is -2.12. The van der Waals surface area contributed by atoms with Gasteiger partial charge in [0.1, 0.15) is 11.5 Å². The van der Waals surface area contributed by atoms with Crippen molar-refractivity contribution in [2.45, 2.75) is 13.8 Å². The van der Waals surface area contributed by atoms with Crippen LogP contribution in [0.1, 0.15) is 11.1 Å². The van der Waals surface area contributed by atoms with Crippen molar-refractivity contribution in [1.82, 2.24) is 0 Å². The molecule has 94 valence electrons. The van der Waals surface area contributed by atoms with Gasteiger partial charge in [0.15, 0.2) is 0 Å². The summed E-state index contributed by atoms with van der Waals surface area (Å²) in [7, 11) is 0. The van der Waals surface area contributed by atoms with E-state index in [2.05, 4.69) is 0 Å². The summed E-state index contributed by atoms with van der Waals surface area (Å²) in [6.07, 6.45) is 0. The van der Waals surface area contributed by atoms with Crippen molar-refractivity contribution >= 4 is 28.9 Å². The molecule has 0 bridgehead atoms. The summed E-state index contributed by atoms with van der Waals surface area (Å²) in [5, 5.41) is 1.18. The topological polar surface area (TPSA) is 35.2 Å². The maximum absolute atomic E-state index is 5.99. The molecule has 0 aliphatic heterocycles. The third-order valence-corrected chi connectivity index (χ3v) is 3.21. The Bertz CT molecular complexity index is 597. The molecule has 2 aromatic carbocycles. The first-order chi connectivity index (χ1) is 8.47. The Labute approximate surface area is 116 Å².